The summed E-state index contributed by atoms with van der Waals surface area (Å²) in [5.41, 5.74) is 8.78. The largest absolute Gasteiger partial charge is 0.496 e. The predicted molar refractivity (Wildman–Crippen MR) is 71.0 cm³/mol. The molecule has 90 valence electrons. The molecule has 17 heavy (non-hydrogen) atoms. The second kappa shape index (κ2) is 5.33. The van der Waals surface area contributed by atoms with Crippen molar-refractivity contribution in [2.45, 2.75) is 6.42 Å². The number of aromatic nitrogens is 2. The Bertz CT molecular complexity index is 510. The molecular weight excluding hydrogens is 282 g/mol. The van der Waals surface area contributed by atoms with Gasteiger partial charge in [0.15, 0.2) is 0 Å². The van der Waals surface area contributed by atoms with E-state index in [2.05, 4.69) is 26.1 Å². The zero-order valence-electron chi connectivity index (χ0n) is 9.53. The first-order chi connectivity index (χ1) is 8.26. The number of H-pyrrole nitrogens is 1. The van der Waals surface area contributed by atoms with E-state index in [1.165, 1.54) is 0 Å². The number of nitrogens with two attached hydrogens (primary N) is 1. The van der Waals surface area contributed by atoms with E-state index in [1.807, 2.05) is 24.4 Å². The van der Waals surface area contributed by atoms with Crippen LogP contribution in [-0.2, 0) is 6.42 Å². The zero-order chi connectivity index (χ0) is 12.3. The molecule has 2 rings (SSSR count). The molecule has 5 heteroatoms. The lowest BCUT2D eigenvalue weighted by atomic mass is 10.1. The predicted octanol–water partition coefficient (Wildman–Crippen LogP) is 2.35. The van der Waals surface area contributed by atoms with Crippen LogP contribution in [0.25, 0.3) is 11.3 Å². The molecule has 0 radical (unpaired) electrons. The lowest BCUT2D eigenvalue weighted by Gasteiger charge is -2.06. The topological polar surface area (TPSA) is 63.9 Å². The van der Waals surface area contributed by atoms with Gasteiger partial charge in [0.1, 0.15) is 5.75 Å². The Morgan fingerprint density at radius 2 is 2.29 bits per heavy atom. The highest BCUT2D eigenvalue weighted by Gasteiger charge is 2.09. The standard InChI is InChI=1S/C12H14BrN3O/c1-17-11-3-2-8(6-10(11)13)12-9(4-5-14)7-15-16-12/h2-3,6-7H,4-5,14H2,1H3,(H,15,16). The summed E-state index contributed by atoms with van der Waals surface area (Å²) in [6.07, 6.45) is 2.63. The van der Waals surface area contributed by atoms with E-state index < -0.39 is 0 Å². The monoisotopic (exact) mass is 295 g/mol. The van der Waals surface area contributed by atoms with Crippen molar-refractivity contribution in [3.63, 3.8) is 0 Å². The number of benzene rings is 1. The van der Waals surface area contributed by atoms with E-state index in [4.69, 9.17) is 10.5 Å². The van der Waals surface area contributed by atoms with Crippen LogP contribution in [0.2, 0.25) is 0 Å². The molecule has 3 N–H and O–H groups in total. The van der Waals surface area contributed by atoms with Crippen molar-refractivity contribution < 1.29 is 4.74 Å². The lowest BCUT2D eigenvalue weighted by Crippen LogP contribution is -2.02. The summed E-state index contributed by atoms with van der Waals surface area (Å²) in [6, 6.07) is 5.93. The van der Waals surface area contributed by atoms with Gasteiger partial charge in [0.25, 0.3) is 0 Å². The molecule has 0 aliphatic heterocycles. The van der Waals surface area contributed by atoms with E-state index in [9.17, 15) is 0 Å². The fourth-order valence-corrected chi connectivity index (χ4v) is 2.27. The Hall–Kier alpha value is -1.33. The summed E-state index contributed by atoms with van der Waals surface area (Å²) in [5.74, 6) is 0.814. The molecule has 1 heterocycles. The molecule has 0 spiro atoms. The number of hydrogen-bond donors (Lipinski definition) is 2. The third-order valence-electron chi connectivity index (χ3n) is 2.57. The second-order valence-corrected chi connectivity index (χ2v) is 4.51. The summed E-state index contributed by atoms with van der Waals surface area (Å²) in [7, 11) is 1.65. The highest BCUT2D eigenvalue weighted by Crippen LogP contribution is 2.30. The molecule has 4 nitrogen and oxygen atoms in total. The van der Waals surface area contributed by atoms with Crippen LogP contribution in [-0.4, -0.2) is 23.9 Å². The summed E-state index contributed by atoms with van der Waals surface area (Å²) in [5, 5.41) is 7.07. The maximum Gasteiger partial charge on any atom is 0.133 e. The van der Waals surface area contributed by atoms with Gasteiger partial charge in [-0.25, -0.2) is 0 Å². The zero-order valence-corrected chi connectivity index (χ0v) is 11.1. The summed E-state index contributed by atoms with van der Waals surface area (Å²) >= 11 is 3.47. The van der Waals surface area contributed by atoms with Crippen LogP contribution in [0.1, 0.15) is 5.56 Å². The molecule has 0 saturated carbocycles. The van der Waals surface area contributed by atoms with Crippen molar-refractivity contribution in [2.24, 2.45) is 5.73 Å². The minimum atomic E-state index is 0.615. The fourth-order valence-electron chi connectivity index (χ4n) is 1.73. The third kappa shape index (κ3) is 2.50. The number of ether oxygens (including phenoxy) is 1. The molecule has 0 amide bonds. The van der Waals surface area contributed by atoms with Gasteiger partial charge in [0.05, 0.1) is 23.5 Å². The van der Waals surface area contributed by atoms with Crippen LogP contribution in [0, 0.1) is 0 Å². The van der Waals surface area contributed by atoms with Crippen LogP contribution >= 0.6 is 15.9 Å². The van der Waals surface area contributed by atoms with Crippen LogP contribution in [0.5, 0.6) is 5.75 Å². The average molecular weight is 296 g/mol. The second-order valence-electron chi connectivity index (χ2n) is 3.66. The van der Waals surface area contributed by atoms with Gasteiger partial charge in [0, 0.05) is 5.56 Å². The Morgan fingerprint density at radius 1 is 1.47 bits per heavy atom. The number of rotatable bonds is 4. The highest BCUT2D eigenvalue weighted by molar-refractivity contribution is 9.10. The first kappa shape index (κ1) is 12.1. The van der Waals surface area contributed by atoms with Crippen LogP contribution < -0.4 is 10.5 Å². The molecule has 0 aliphatic carbocycles. The van der Waals surface area contributed by atoms with Crippen LogP contribution in [0.4, 0.5) is 0 Å². The molecule has 0 atom stereocenters. The SMILES string of the molecule is COc1ccc(-c2[nH]ncc2CCN)cc1Br. The van der Waals surface area contributed by atoms with E-state index in [0.717, 1.165) is 33.5 Å². The first-order valence-electron chi connectivity index (χ1n) is 5.32. The van der Waals surface area contributed by atoms with Crippen molar-refractivity contribution >= 4 is 15.9 Å². The van der Waals surface area contributed by atoms with Crippen molar-refractivity contribution in [1.82, 2.24) is 10.2 Å². The Labute approximate surface area is 108 Å². The summed E-state index contributed by atoms with van der Waals surface area (Å²) in [4.78, 5) is 0. The maximum atomic E-state index is 5.57. The number of methoxy groups -OCH3 is 1. The number of nitrogens with one attached hydrogen (secondary N) is 1. The number of hydrogen-bond acceptors (Lipinski definition) is 3. The van der Waals surface area contributed by atoms with Crippen molar-refractivity contribution in [2.75, 3.05) is 13.7 Å². The molecule has 0 unspecified atom stereocenters. The molecule has 2 aromatic rings. The molecular formula is C12H14BrN3O. The Morgan fingerprint density at radius 3 is 2.94 bits per heavy atom. The van der Waals surface area contributed by atoms with Crippen LogP contribution in [0.3, 0.4) is 0 Å². The molecule has 0 fully saturated rings. The summed E-state index contributed by atoms with van der Waals surface area (Å²) in [6.45, 7) is 0.615. The maximum absolute atomic E-state index is 5.57. The highest BCUT2D eigenvalue weighted by atomic mass is 79.9. The van der Waals surface area contributed by atoms with Crippen molar-refractivity contribution in [1.29, 1.82) is 0 Å². The number of halogens is 1. The first-order valence-corrected chi connectivity index (χ1v) is 6.11. The van der Waals surface area contributed by atoms with Gasteiger partial charge < -0.3 is 10.5 Å². The van der Waals surface area contributed by atoms with Gasteiger partial charge in [-0.2, -0.15) is 5.10 Å². The molecule has 0 saturated heterocycles. The Balaban J connectivity index is 2.39. The average Bonchev–Trinajstić information content (AvgIpc) is 2.78. The molecule has 0 aliphatic rings. The fraction of sp³-hybridized carbons (Fsp3) is 0.250. The van der Waals surface area contributed by atoms with Gasteiger partial charge in [-0.05, 0) is 52.7 Å². The van der Waals surface area contributed by atoms with Crippen molar-refractivity contribution in [3.8, 4) is 17.0 Å². The minimum Gasteiger partial charge on any atom is -0.496 e. The lowest BCUT2D eigenvalue weighted by molar-refractivity contribution is 0.412. The van der Waals surface area contributed by atoms with E-state index in [-0.39, 0.29) is 0 Å². The quantitative estimate of drug-likeness (QED) is 0.910. The van der Waals surface area contributed by atoms with Gasteiger partial charge >= 0.3 is 0 Å². The van der Waals surface area contributed by atoms with Gasteiger partial charge in [0.2, 0.25) is 0 Å². The van der Waals surface area contributed by atoms with Gasteiger partial charge in [-0.15, -0.1) is 0 Å². The smallest absolute Gasteiger partial charge is 0.133 e. The van der Waals surface area contributed by atoms with Crippen LogP contribution in [0.15, 0.2) is 28.9 Å². The number of aromatic amines is 1. The van der Waals surface area contributed by atoms with Crippen molar-refractivity contribution in [3.05, 3.63) is 34.4 Å². The summed E-state index contributed by atoms with van der Waals surface area (Å²) < 4.78 is 6.12. The number of nitrogens with zero attached hydrogens (tertiary/aromatic N) is 1. The molecule has 1 aromatic heterocycles. The third-order valence-corrected chi connectivity index (χ3v) is 3.19. The van der Waals surface area contributed by atoms with E-state index in [1.54, 1.807) is 7.11 Å². The molecule has 0 bridgehead atoms. The molecule has 1 aromatic carbocycles. The van der Waals surface area contributed by atoms with E-state index in [0.29, 0.717) is 6.54 Å². The van der Waals surface area contributed by atoms with E-state index >= 15 is 0 Å². The van der Waals surface area contributed by atoms with Gasteiger partial charge in [-0.3, -0.25) is 5.10 Å². The normalized spacial score (nSPS) is 10.5. The van der Waals surface area contributed by atoms with Gasteiger partial charge in [-0.1, -0.05) is 0 Å². The minimum absolute atomic E-state index is 0.615. The Kier molecular flexibility index (Phi) is 3.81.